The monoisotopic (exact) mass is 326 g/mol. The van der Waals surface area contributed by atoms with Gasteiger partial charge in [0.2, 0.25) is 5.91 Å². The fourth-order valence-corrected chi connectivity index (χ4v) is 2.67. The van der Waals surface area contributed by atoms with Gasteiger partial charge in [0.05, 0.1) is 6.61 Å². The predicted octanol–water partition coefficient (Wildman–Crippen LogP) is 2.25. The first-order chi connectivity index (χ1) is 9.99. The van der Waals surface area contributed by atoms with Crippen LogP contribution in [0.4, 0.5) is 0 Å². The van der Waals surface area contributed by atoms with E-state index in [0.29, 0.717) is 6.61 Å². The molecular formula is C17H27ClN2O2. The molecule has 0 aromatic heterocycles. The Morgan fingerprint density at radius 3 is 2.68 bits per heavy atom. The van der Waals surface area contributed by atoms with Gasteiger partial charge in [0.15, 0.2) is 0 Å². The Labute approximate surface area is 139 Å². The van der Waals surface area contributed by atoms with Crippen LogP contribution in [0.3, 0.4) is 0 Å². The van der Waals surface area contributed by atoms with Crippen LogP contribution in [-0.4, -0.2) is 43.2 Å². The lowest BCUT2D eigenvalue weighted by atomic mass is 9.80. The maximum Gasteiger partial charge on any atom is 0.248 e. The number of carbonyl (C=O) groups is 1. The van der Waals surface area contributed by atoms with Gasteiger partial charge in [-0.1, -0.05) is 44.2 Å². The summed E-state index contributed by atoms with van der Waals surface area (Å²) in [7, 11) is 0. The van der Waals surface area contributed by atoms with Crippen molar-refractivity contribution in [2.24, 2.45) is 11.1 Å². The molecule has 0 spiro atoms. The van der Waals surface area contributed by atoms with Crippen LogP contribution in [0, 0.1) is 5.41 Å². The zero-order chi connectivity index (χ0) is 15.3. The topological polar surface area (TPSA) is 55.6 Å². The Hall–Kier alpha value is -1.10. The number of carbonyl (C=O) groups excluding carboxylic acids is 1. The standard InChI is InChI=1S/C17H26N2O2.ClH/c1-17(2)13-19(10-8-15(17)18)16(20)12-21-11-9-14-6-4-3-5-7-14;/h3-7,15H,8-13,18H2,1-2H3;1H. The molecule has 2 rings (SSSR count). The minimum atomic E-state index is -0.0159. The third-order valence-electron chi connectivity index (χ3n) is 4.27. The molecule has 1 aromatic rings. The molecule has 1 aromatic carbocycles. The van der Waals surface area contributed by atoms with Gasteiger partial charge in [0, 0.05) is 19.1 Å². The Kier molecular flexibility index (Phi) is 7.33. The van der Waals surface area contributed by atoms with Crippen molar-refractivity contribution in [2.45, 2.75) is 32.7 Å². The molecule has 1 saturated heterocycles. The van der Waals surface area contributed by atoms with Crippen LogP contribution in [0.15, 0.2) is 30.3 Å². The fraction of sp³-hybridized carbons (Fsp3) is 0.588. The molecule has 5 heteroatoms. The molecule has 1 amide bonds. The highest BCUT2D eigenvalue weighted by molar-refractivity contribution is 5.85. The van der Waals surface area contributed by atoms with Gasteiger partial charge < -0.3 is 15.4 Å². The lowest BCUT2D eigenvalue weighted by Gasteiger charge is -2.42. The van der Waals surface area contributed by atoms with E-state index in [-0.39, 0.29) is 36.4 Å². The number of ether oxygens (including phenoxy) is 1. The molecule has 1 atom stereocenters. The van der Waals surface area contributed by atoms with Crippen LogP contribution in [0.2, 0.25) is 0 Å². The molecular weight excluding hydrogens is 300 g/mol. The van der Waals surface area contributed by atoms with Gasteiger partial charge in [0.25, 0.3) is 0 Å². The fourth-order valence-electron chi connectivity index (χ4n) is 2.67. The third-order valence-corrected chi connectivity index (χ3v) is 4.27. The lowest BCUT2D eigenvalue weighted by Crippen LogP contribution is -2.54. The molecule has 0 saturated carbocycles. The zero-order valence-electron chi connectivity index (χ0n) is 13.5. The SMILES string of the molecule is CC1(C)CN(C(=O)COCCc2ccccc2)CCC1N.Cl. The molecule has 2 N–H and O–H groups in total. The van der Waals surface area contributed by atoms with Gasteiger partial charge in [-0.25, -0.2) is 0 Å². The Bertz CT molecular complexity index is 465. The van der Waals surface area contributed by atoms with E-state index in [2.05, 4.69) is 26.0 Å². The number of halogens is 1. The summed E-state index contributed by atoms with van der Waals surface area (Å²) in [5, 5.41) is 0. The summed E-state index contributed by atoms with van der Waals surface area (Å²) in [6.07, 6.45) is 1.70. The van der Waals surface area contributed by atoms with Crippen LogP contribution < -0.4 is 5.73 Å². The van der Waals surface area contributed by atoms with E-state index in [1.165, 1.54) is 5.56 Å². The van der Waals surface area contributed by atoms with Crippen LogP contribution >= 0.6 is 12.4 Å². The zero-order valence-corrected chi connectivity index (χ0v) is 14.3. The number of nitrogens with zero attached hydrogens (tertiary/aromatic N) is 1. The first-order valence-corrected chi connectivity index (χ1v) is 7.64. The molecule has 124 valence electrons. The number of benzene rings is 1. The van der Waals surface area contributed by atoms with E-state index in [4.69, 9.17) is 10.5 Å². The number of nitrogens with two attached hydrogens (primary N) is 1. The van der Waals surface area contributed by atoms with Crippen LogP contribution in [0.1, 0.15) is 25.8 Å². The summed E-state index contributed by atoms with van der Waals surface area (Å²) in [4.78, 5) is 14.0. The summed E-state index contributed by atoms with van der Waals surface area (Å²) in [6, 6.07) is 10.3. The summed E-state index contributed by atoms with van der Waals surface area (Å²) in [5.74, 6) is 0.0723. The second-order valence-corrected chi connectivity index (χ2v) is 6.49. The second-order valence-electron chi connectivity index (χ2n) is 6.49. The lowest BCUT2D eigenvalue weighted by molar-refractivity contribution is -0.139. The van der Waals surface area contributed by atoms with Crippen molar-refractivity contribution in [3.05, 3.63) is 35.9 Å². The van der Waals surface area contributed by atoms with Crippen molar-refractivity contribution in [3.63, 3.8) is 0 Å². The van der Waals surface area contributed by atoms with E-state index in [9.17, 15) is 4.79 Å². The highest BCUT2D eigenvalue weighted by Gasteiger charge is 2.35. The van der Waals surface area contributed by atoms with Gasteiger partial charge >= 0.3 is 0 Å². The molecule has 1 fully saturated rings. The van der Waals surface area contributed by atoms with Crippen LogP contribution in [0.5, 0.6) is 0 Å². The number of hydrogen-bond donors (Lipinski definition) is 1. The molecule has 0 aliphatic carbocycles. The van der Waals surface area contributed by atoms with Crippen molar-refractivity contribution in [2.75, 3.05) is 26.3 Å². The molecule has 1 unspecified atom stereocenters. The van der Waals surface area contributed by atoms with E-state index < -0.39 is 0 Å². The van der Waals surface area contributed by atoms with Gasteiger partial charge in [-0.15, -0.1) is 12.4 Å². The van der Waals surface area contributed by atoms with Gasteiger partial charge in [-0.05, 0) is 23.8 Å². The Morgan fingerprint density at radius 2 is 2.05 bits per heavy atom. The normalized spacial score (nSPS) is 20.3. The first kappa shape index (κ1) is 18.9. The quantitative estimate of drug-likeness (QED) is 0.844. The maximum absolute atomic E-state index is 12.2. The van der Waals surface area contributed by atoms with E-state index in [1.54, 1.807) is 0 Å². The van der Waals surface area contributed by atoms with Crippen molar-refractivity contribution in [1.82, 2.24) is 4.90 Å². The molecule has 1 aliphatic heterocycles. The summed E-state index contributed by atoms with van der Waals surface area (Å²) in [5.41, 5.74) is 7.31. The smallest absolute Gasteiger partial charge is 0.248 e. The Morgan fingerprint density at radius 1 is 1.36 bits per heavy atom. The minimum Gasteiger partial charge on any atom is -0.371 e. The van der Waals surface area contributed by atoms with E-state index in [1.807, 2.05) is 23.1 Å². The largest absolute Gasteiger partial charge is 0.371 e. The van der Waals surface area contributed by atoms with E-state index >= 15 is 0 Å². The third kappa shape index (κ3) is 5.27. The first-order valence-electron chi connectivity index (χ1n) is 7.64. The second kappa shape index (κ2) is 8.51. The number of piperidine rings is 1. The average Bonchev–Trinajstić information content (AvgIpc) is 2.47. The van der Waals surface area contributed by atoms with Crippen LogP contribution in [0.25, 0.3) is 0 Å². The van der Waals surface area contributed by atoms with Crippen molar-refractivity contribution in [3.8, 4) is 0 Å². The Balaban J connectivity index is 0.00000242. The number of amides is 1. The van der Waals surface area contributed by atoms with Gasteiger partial charge in [-0.2, -0.15) is 0 Å². The maximum atomic E-state index is 12.2. The number of likely N-dealkylation sites (tertiary alicyclic amines) is 1. The average molecular weight is 327 g/mol. The highest BCUT2D eigenvalue weighted by Crippen LogP contribution is 2.27. The summed E-state index contributed by atoms with van der Waals surface area (Å²) in [6.45, 7) is 6.44. The van der Waals surface area contributed by atoms with Crippen LogP contribution in [-0.2, 0) is 16.0 Å². The minimum absolute atomic E-state index is 0. The highest BCUT2D eigenvalue weighted by atomic mass is 35.5. The summed E-state index contributed by atoms with van der Waals surface area (Å²) < 4.78 is 5.53. The van der Waals surface area contributed by atoms with Crippen molar-refractivity contribution < 1.29 is 9.53 Å². The molecule has 4 nitrogen and oxygen atoms in total. The summed E-state index contributed by atoms with van der Waals surface area (Å²) >= 11 is 0. The molecule has 0 bridgehead atoms. The molecule has 22 heavy (non-hydrogen) atoms. The van der Waals surface area contributed by atoms with Gasteiger partial charge in [-0.3, -0.25) is 4.79 Å². The van der Waals surface area contributed by atoms with Gasteiger partial charge in [0.1, 0.15) is 6.61 Å². The van der Waals surface area contributed by atoms with Crippen molar-refractivity contribution >= 4 is 18.3 Å². The molecule has 1 heterocycles. The van der Waals surface area contributed by atoms with E-state index in [0.717, 1.165) is 25.9 Å². The molecule has 1 aliphatic rings. The molecule has 0 radical (unpaired) electrons. The number of hydrogen-bond acceptors (Lipinski definition) is 3. The number of rotatable bonds is 5. The predicted molar refractivity (Wildman–Crippen MR) is 91.2 cm³/mol. The van der Waals surface area contributed by atoms with Crippen molar-refractivity contribution in [1.29, 1.82) is 0 Å².